The van der Waals surface area contributed by atoms with Crippen LogP contribution in [0.3, 0.4) is 0 Å². The highest BCUT2D eigenvalue weighted by Crippen LogP contribution is 2.30. The lowest BCUT2D eigenvalue weighted by molar-refractivity contribution is -0.385. The molecule has 0 heterocycles. The van der Waals surface area contributed by atoms with Crippen LogP contribution in [0.2, 0.25) is 0 Å². The van der Waals surface area contributed by atoms with Crippen molar-refractivity contribution in [2.45, 2.75) is 6.92 Å². The first kappa shape index (κ1) is 16.9. The molecule has 0 amide bonds. The van der Waals surface area contributed by atoms with E-state index in [1.54, 1.807) is 13.0 Å². The molecule has 0 spiro atoms. The van der Waals surface area contributed by atoms with E-state index in [1.165, 1.54) is 6.07 Å². The van der Waals surface area contributed by atoms with Crippen molar-refractivity contribution in [3.05, 3.63) is 32.3 Å². The molecule has 0 radical (unpaired) electrons. The average molecular weight is 346 g/mol. The Kier molecular flexibility index (Phi) is 6.90. The van der Waals surface area contributed by atoms with Gasteiger partial charge in [-0.05, 0) is 43.0 Å². The Labute approximate surface area is 127 Å². The number of halogens is 1. The minimum Gasteiger partial charge on any atom is -0.382 e. The van der Waals surface area contributed by atoms with Gasteiger partial charge in [0.2, 0.25) is 0 Å². The number of ether oxygens (including phenoxy) is 1. The number of aryl methyl sites for hydroxylation is 1. The molecule has 1 rings (SSSR count). The molecule has 0 fully saturated rings. The zero-order chi connectivity index (χ0) is 15.1. The third-order valence-electron chi connectivity index (χ3n) is 2.73. The molecule has 0 aliphatic rings. The van der Waals surface area contributed by atoms with E-state index in [9.17, 15) is 10.1 Å². The van der Waals surface area contributed by atoms with Gasteiger partial charge in [-0.25, -0.2) is 0 Å². The second-order valence-electron chi connectivity index (χ2n) is 4.72. The number of benzene rings is 1. The second kappa shape index (κ2) is 8.18. The minimum absolute atomic E-state index is 0.115. The SMILES string of the molecule is Cc1cc(NCCOCCN(C)C)c(Br)cc1[N+](=O)[O-]. The van der Waals surface area contributed by atoms with E-state index in [2.05, 4.69) is 26.1 Å². The molecule has 6 nitrogen and oxygen atoms in total. The average Bonchev–Trinajstić information content (AvgIpc) is 2.36. The molecule has 0 saturated carbocycles. The predicted molar refractivity (Wildman–Crippen MR) is 83.4 cm³/mol. The Balaban J connectivity index is 2.45. The molecule has 1 N–H and O–H groups in total. The summed E-state index contributed by atoms with van der Waals surface area (Å²) in [5, 5.41) is 14.0. The molecule has 0 aliphatic carbocycles. The molecule has 1 aromatic rings. The number of nitrogens with one attached hydrogen (secondary N) is 1. The van der Waals surface area contributed by atoms with Crippen LogP contribution in [0.4, 0.5) is 11.4 Å². The van der Waals surface area contributed by atoms with Crippen molar-refractivity contribution in [1.82, 2.24) is 4.90 Å². The van der Waals surface area contributed by atoms with Crippen molar-refractivity contribution in [3.63, 3.8) is 0 Å². The monoisotopic (exact) mass is 345 g/mol. The van der Waals surface area contributed by atoms with Gasteiger partial charge in [-0.15, -0.1) is 0 Å². The van der Waals surface area contributed by atoms with Gasteiger partial charge in [0.1, 0.15) is 0 Å². The Bertz CT molecular complexity index is 466. The fourth-order valence-electron chi connectivity index (χ4n) is 1.61. The van der Waals surface area contributed by atoms with E-state index >= 15 is 0 Å². The maximum absolute atomic E-state index is 10.8. The molecular weight excluding hydrogens is 326 g/mol. The molecule has 1 aromatic carbocycles. The zero-order valence-corrected chi connectivity index (χ0v) is 13.6. The molecule has 0 bridgehead atoms. The summed E-state index contributed by atoms with van der Waals surface area (Å²) in [6.45, 7) is 4.55. The first-order chi connectivity index (χ1) is 9.41. The van der Waals surface area contributed by atoms with Crippen molar-refractivity contribution in [3.8, 4) is 0 Å². The molecule has 0 saturated heterocycles. The van der Waals surface area contributed by atoms with Crippen molar-refractivity contribution < 1.29 is 9.66 Å². The maximum Gasteiger partial charge on any atom is 0.273 e. The van der Waals surface area contributed by atoms with Gasteiger partial charge >= 0.3 is 0 Å². The van der Waals surface area contributed by atoms with Crippen LogP contribution in [0.15, 0.2) is 16.6 Å². The lowest BCUT2D eigenvalue weighted by Crippen LogP contribution is -2.20. The summed E-state index contributed by atoms with van der Waals surface area (Å²) in [7, 11) is 4.00. The number of anilines is 1. The largest absolute Gasteiger partial charge is 0.382 e. The predicted octanol–water partition coefficient (Wildman–Crippen LogP) is 2.66. The van der Waals surface area contributed by atoms with Crippen LogP contribution < -0.4 is 5.32 Å². The third-order valence-corrected chi connectivity index (χ3v) is 3.38. The van der Waals surface area contributed by atoms with Crippen molar-refractivity contribution >= 4 is 27.3 Å². The summed E-state index contributed by atoms with van der Waals surface area (Å²) in [4.78, 5) is 12.5. The summed E-state index contributed by atoms with van der Waals surface area (Å²) in [6, 6.07) is 3.28. The quantitative estimate of drug-likeness (QED) is 0.445. The van der Waals surface area contributed by atoms with Crippen LogP contribution in [-0.4, -0.2) is 50.2 Å². The second-order valence-corrected chi connectivity index (χ2v) is 5.57. The van der Waals surface area contributed by atoms with Gasteiger partial charge in [0, 0.05) is 34.9 Å². The van der Waals surface area contributed by atoms with E-state index < -0.39 is 0 Å². The van der Waals surface area contributed by atoms with Gasteiger partial charge in [-0.1, -0.05) is 0 Å². The molecule has 7 heteroatoms. The molecular formula is C13H20BrN3O3. The van der Waals surface area contributed by atoms with Crippen LogP contribution >= 0.6 is 15.9 Å². The van der Waals surface area contributed by atoms with Crippen LogP contribution in [0.25, 0.3) is 0 Å². The summed E-state index contributed by atoms with van der Waals surface area (Å²) in [5.41, 5.74) is 1.59. The smallest absolute Gasteiger partial charge is 0.273 e. The Hall–Kier alpha value is -1.18. The summed E-state index contributed by atoms with van der Waals surface area (Å²) in [6.07, 6.45) is 0. The lowest BCUT2D eigenvalue weighted by atomic mass is 10.2. The van der Waals surface area contributed by atoms with E-state index in [0.29, 0.717) is 29.8 Å². The van der Waals surface area contributed by atoms with Gasteiger partial charge in [-0.2, -0.15) is 0 Å². The minimum atomic E-state index is -0.381. The highest BCUT2D eigenvalue weighted by molar-refractivity contribution is 9.10. The first-order valence-electron chi connectivity index (χ1n) is 6.32. The number of hydrogen-bond acceptors (Lipinski definition) is 5. The van der Waals surface area contributed by atoms with Gasteiger partial charge < -0.3 is 15.0 Å². The van der Waals surface area contributed by atoms with Crippen LogP contribution in [-0.2, 0) is 4.74 Å². The Morgan fingerprint density at radius 3 is 2.70 bits per heavy atom. The topological polar surface area (TPSA) is 67.6 Å². The third kappa shape index (κ3) is 5.44. The van der Waals surface area contributed by atoms with Gasteiger partial charge in [0.15, 0.2) is 0 Å². The number of likely N-dealkylation sites (N-methyl/N-ethyl adjacent to an activating group) is 1. The van der Waals surface area contributed by atoms with Crippen LogP contribution in [0, 0.1) is 17.0 Å². The summed E-state index contributed by atoms with van der Waals surface area (Å²) < 4.78 is 6.15. The highest BCUT2D eigenvalue weighted by atomic mass is 79.9. The molecule has 0 aromatic heterocycles. The fraction of sp³-hybridized carbons (Fsp3) is 0.538. The van der Waals surface area contributed by atoms with Crippen LogP contribution in [0.5, 0.6) is 0 Å². The maximum atomic E-state index is 10.8. The number of nitro benzene ring substituents is 1. The van der Waals surface area contributed by atoms with Gasteiger partial charge in [0.05, 0.1) is 18.1 Å². The molecule has 20 heavy (non-hydrogen) atoms. The number of nitro groups is 1. The molecule has 0 aliphatic heterocycles. The molecule has 0 unspecified atom stereocenters. The van der Waals surface area contributed by atoms with Gasteiger partial charge in [-0.3, -0.25) is 10.1 Å². The molecule has 0 atom stereocenters. The lowest BCUT2D eigenvalue weighted by Gasteiger charge is -2.12. The Morgan fingerprint density at radius 2 is 2.10 bits per heavy atom. The normalized spacial score (nSPS) is 10.8. The van der Waals surface area contributed by atoms with E-state index in [-0.39, 0.29) is 10.6 Å². The van der Waals surface area contributed by atoms with Gasteiger partial charge in [0.25, 0.3) is 5.69 Å². The van der Waals surface area contributed by atoms with E-state index in [1.807, 2.05) is 14.1 Å². The zero-order valence-electron chi connectivity index (χ0n) is 12.0. The summed E-state index contributed by atoms with van der Waals surface area (Å²) >= 11 is 3.34. The highest BCUT2D eigenvalue weighted by Gasteiger charge is 2.13. The van der Waals surface area contributed by atoms with Crippen molar-refractivity contribution in [2.75, 3.05) is 45.7 Å². The van der Waals surface area contributed by atoms with Crippen LogP contribution in [0.1, 0.15) is 5.56 Å². The van der Waals surface area contributed by atoms with Crippen molar-refractivity contribution in [2.24, 2.45) is 0 Å². The standard InChI is InChI=1S/C13H20BrN3O3/c1-10-8-12(11(14)9-13(10)17(18)19)15-4-6-20-7-5-16(2)3/h8-9,15H,4-7H2,1-3H3. The van der Waals surface area contributed by atoms with E-state index in [0.717, 1.165) is 12.2 Å². The summed E-state index contributed by atoms with van der Waals surface area (Å²) in [5.74, 6) is 0. The van der Waals surface area contributed by atoms with E-state index in [4.69, 9.17) is 4.74 Å². The Morgan fingerprint density at radius 1 is 1.40 bits per heavy atom. The number of nitrogens with zero attached hydrogens (tertiary/aromatic N) is 2. The number of rotatable bonds is 8. The number of hydrogen-bond donors (Lipinski definition) is 1. The van der Waals surface area contributed by atoms with Crippen molar-refractivity contribution in [1.29, 1.82) is 0 Å². The molecule has 112 valence electrons. The first-order valence-corrected chi connectivity index (χ1v) is 7.12. The fourth-order valence-corrected chi connectivity index (χ4v) is 2.08.